The molecule has 12 amide bonds. The van der Waals surface area contributed by atoms with Gasteiger partial charge in [0.2, 0.25) is 70.9 Å². The van der Waals surface area contributed by atoms with Crippen LogP contribution in [0, 0.1) is 5.92 Å². The van der Waals surface area contributed by atoms with Crippen LogP contribution in [0.2, 0.25) is 0 Å². The molecule has 0 unspecified atom stereocenters. The van der Waals surface area contributed by atoms with E-state index in [1.807, 2.05) is 0 Å². The molecule has 86 heavy (non-hydrogen) atoms. The number of carbonyl (C=O) groups is 14. The largest absolute Gasteiger partial charge is 0.508 e. The summed E-state index contributed by atoms with van der Waals surface area (Å²) >= 11 is 4.17. The molecule has 0 spiro atoms. The van der Waals surface area contributed by atoms with Gasteiger partial charge in [-0.15, -0.1) is 0 Å². The molecule has 27 N–H and O–H groups in total. The standard InChI is InChI=1S/C50H81N17O18S/c1-3-23(2)39(49(84)85)67-46(81)31(19-37(55)72)63-47(82)33(21-68)65-41(76)27(8-6-16-58-50(56)57)59-42(77)28(13-14-35(53)70)60-48(83)34(22-86)66-43(78)29(17-24-9-11-25(69)12-10-24)62-45(80)32(20-38(73)74)64-44(79)30(18-36(54)71)61-40(75)26(52)7-4-5-15-51/h9-12,23,26-34,39,68-69,86H,3-8,13-22,51-52H2,1-2H3,(H2,53,70)(H2,54,71)(H2,55,72)(H,59,77)(H,60,83)(H,61,75)(H,62,80)(H,63,82)(H,64,79)(H,65,76)(H,66,78)(H,67,81)(H,73,74)(H,84,85)(H4,56,57,58)/t23-,26-,27-,28-,29-,30-,31-,32-,33-,34-,39-/m0/s1. The van der Waals surface area contributed by atoms with E-state index in [0.717, 1.165) is 0 Å². The minimum Gasteiger partial charge on any atom is -0.508 e. The van der Waals surface area contributed by atoms with Crippen molar-refractivity contribution in [3.05, 3.63) is 29.8 Å². The zero-order chi connectivity index (χ0) is 65.4. The van der Waals surface area contributed by atoms with Crippen LogP contribution in [0.3, 0.4) is 0 Å². The van der Waals surface area contributed by atoms with Gasteiger partial charge < -0.3 is 108 Å². The fraction of sp³-hybridized carbons (Fsp3) is 0.580. The van der Waals surface area contributed by atoms with Crippen LogP contribution in [0.25, 0.3) is 0 Å². The van der Waals surface area contributed by atoms with Crippen LogP contribution in [0.4, 0.5) is 0 Å². The molecule has 1 aromatic carbocycles. The summed E-state index contributed by atoms with van der Waals surface area (Å²) in [6.07, 6.45) is -3.45. The van der Waals surface area contributed by atoms with Crippen LogP contribution in [0.5, 0.6) is 5.75 Å². The topological polar surface area (TPSA) is 623 Å². The number of hydrogen-bond acceptors (Lipinski definition) is 20. The Hall–Kier alpha value is -8.90. The lowest BCUT2D eigenvalue weighted by molar-refractivity contribution is -0.144. The van der Waals surface area contributed by atoms with Crippen LogP contribution in [-0.2, 0) is 73.5 Å². The van der Waals surface area contributed by atoms with Gasteiger partial charge in [0, 0.05) is 25.1 Å². The van der Waals surface area contributed by atoms with Crippen molar-refractivity contribution in [2.75, 3.05) is 25.4 Å². The Labute approximate surface area is 498 Å². The predicted molar refractivity (Wildman–Crippen MR) is 306 cm³/mol. The van der Waals surface area contributed by atoms with Gasteiger partial charge in [0.25, 0.3) is 0 Å². The number of aliphatic hydroxyl groups excluding tert-OH is 1. The highest BCUT2D eigenvalue weighted by atomic mass is 32.1. The minimum atomic E-state index is -2.02. The fourth-order valence-corrected chi connectivity index (χ4v) is 8.02. The van der Waals surface area contributed by atoms with E-state index in [1.54, 1.807) is 6.92 Å². The van der Waals surface area contributed by atoms with Crippen LogP contribution in [-0.4, -0.2) is 195 Å². The van der Waals surface area contributed by atoms with Crippen molar-refractivity contribution in [3.63, 3.8) is 0 Å². The highest BCUT2D eigenvalue weighted by Gasteiger charge is 2.37. The van der Waals surface area contributed by atoms with Crippen molar-refractivity contribution in [2.45, 2.75) is 151 Å². The average molecular weight is 1240 g/mol. The second-order valence-electron chi connectivity index (χ2n) is 19.7. The number of unbranched alkanes of at least 4 members (excludes halogenated alkanes) is 1. The highest BCUT2D eigenvalue weighted by molar-refractivity contribution is 7.80. The molecular formula is C50H81N17O18S. The first-order chi connectivity index (χ1) is 40.4. The number of amides is 12. The molecule has 1 rings (SSSR count). The molecule has 480 valence electrons. The lowest BCUT2D eigenvalue weighted by atomic mass is 9.98. The SMILES string of the molecule is CC[C@H](C)[C@H](NC(=O)[C@H](CC(N)=O)NC(=O)[C@H](CO)NC(=O)[C@H](CCCN=C(N)N)NC(=O)[C@H](CCC(N)=O)NC(=O)[C@H](CS)NC(=O)[C@H](Cc1ccc(O)cc1)NC(=O)[C@H](CC(=O)O)NC(=O)[C@H](CC(N)=O)NC(=O)[C@@H](N)CCCCN)C(=O)O. The lowest BCUT2D eigenvalue weighted by Crippen LogP contribution is -2.61. The molecule has 0 radical (unpaired) electrons. The van der Waals surface area contributed by atoms with Crippen molar-refractivity contribution in [2.24, 2.45) is 51.0 Å². The number of phenols is 1. The van der Waals surface area contributed by atoms with Crippen LogP contribution >= 0.6 is 12.6 Å². The molecule has 0 aliphatic heterocycles. The number of aliphatic imine (C=N–C) groups is 1. The Bertz CT molecular complexity index is 2580. The maximum absolute atomic E-state index is 14.2. The zero-order valence-corrected chi connectivity index (χ0v) is 48.3. The molecule has 0 heterocycles. The number of carbonyl (C=O) groups excluding carboxylic acids is 12. The summed E-state index contributed by atoms with van der Waals surface area (Å²) < 4.78 is 0. The van der Waals surface area contributed by atoms with Gasteiger partial charge in [0.1, 0.15) is 60.1 Å². The Balaban J connectivity index is 3.61. The van der Waals surface area contributed by atoms with Gasteiger partial charge in [-0.25, -0.2) is 4.79 Å². The third kappa shape index (κ3) is 28.6. The number of primary amides is 3. The number of nitrogens with two attached hydrogens (primary N) is 7. The number of aliphatic hydroxyl groups is 1. The minimum absolute atomic E-state index is 0.0646. The third-order valence-electron chi connectivity index (χ3n) is 12.7. The number of aromatic hydroxyl groups is 1. The Morgan fingerprint density at radius 1 is 0.535 bits per heavy atom. The summed E-state index contributed by atoms with van der Waals surface area (Å²) in [5.41, 5.74) is 38.5. The normalized spacial score (nSPS) is 14.7. The van der Waals surface area contributed by atoms with Crippen molar-refractivity contribution in [1.82, 2.24) is 47.9 Å². The zero-order valence-electron chi connectivity index (χ0n) is 47.4. The summed E-state index contributed by atoms with van der Waals surface area (Å²) in [5.74, 6) is -18.6. The first kappa shape index (κ1) is 75.1. The van der Waals surface area contributed by atoms with E-state index >= 15 is 0 Å². The number of thiol groups is 1. The van der Waals surface area contributed by atoms with E-state index in [1.165, 1.54) is 31.2 Å². The number of rotatable bonds is 42. The molecule has 0 saturated heterocycles. The summed E-state index contributed by atoms with van der Waals surface area (Å²) in [6.45, 7) is 2.16. The van der Waals surface area contributed by atoms with Crippen molar-refractivity contribution >= 4 is 101 Å². The number of phenolic OH excluding ortho intramolecular Hbond substituents is 1. The van der Waals surface area contributed by atoms with E-state index in [9.17, 15) is 87.5 Å². The van der Waals surface area contributed by atoms with Crippen molar-refractivity contribution in [1.29, 1.82) is 0 Å². The van der Waals surface area contributed by atoms with Gasteiger partial charge in [-0.05, 0) is 62.3 Å². The fourth-order valence-electron chi connectivity index (χ4n) is 7.76. The summed E-state index contributed by atoms with van der Waals surface area (Å²) in [7, 11) is 0. The molecule has 35 nitrogen and oxygen atoms in total. The van der Waals surface area contributed by atoms with Gasteiger partial charge in [-0.3, -0.25) is 67.3 Å². The average Bonchev–Trinajstić information content (AvgIpc) is 3.45. The number of carboxylic acids is 2. The van der Waals surface area contributed by atoms with Gasteiger partial charge in [-0.2, -0.15) is 12.6 Å². The van der Waals surface area contributed by atoms with Crippen molar-refractivity contribution in [3.8, 4) is 5.75 Å². The summed E-state index contributed by atoms with van der Waals surface area (Å²) in [5, 5.41) is 59.9. The maximum atomic E-state index is 14.2. The molecule has 0 aliphatic carbocycles. The van der Waals surface area contributed by atoms with Crippen LogP contribution < -0.4 is 88.0 Å². The first-order valence-electron chi connectivity index (χ1n) is 26.9. The molecule has 0 aromatic heterocycles. The number of aliphatic carboxylic acids is 2. The van der Waals surface area contributed by atoms with Gasteiger partial charge in [-0.1, -0.05) is 38.8 Å². The number of benzene rings is 1. The van der Waals surface area contributed by atoms with Crippen molar-refractivity contribution < 1.29 is 87.5 Å². The van der Waals surface area contributed by atoms with E-state index in [4.69, 9.17) is 40.1 Å². The molecule has 1 aromatic rings. The van der Waals surface area contributed by atoms with E-state index < -0.39 is 200 Å². The Kier molecular flexibility index (Phi) is 33.9. The Morgan fingerprint density at radius 2 is 0.965 bits per heavy atom. The number of carboxylic acid groups (broad SMARTS) is 2. The van der Waals surface area contributed by atoms with Gasteiger partial charge in [0.15, 0.2) is 5.96 Å². The first-order valence-corrected chi connectivity index (χ1v) is 27.5. The maximum Gasteiger partial charge on any atom is 0.326 e. The monoisotopic (exact) mass is 1240 g/mol. The van der Waals surface area contributed by atoms with Crippen LogP contribution in [0.15, 0.2) is 29.3 Å². The summed E-state index contributed by atoms with van der Waals surface area (Å²) in [6, 6.07) is -12.0. The third-order valence-corrected chi connectivity index (χ3v) is 13.1. The smallest absolute Gasteiger partial charge is 0.326 e. The lowest BCUT2D eigenvalue weighted by Gasteiger charge is -2.28. The van der Waals surface area contributed by atoms with E-state index in [2.05, 4.69) is 65.5 Å². The molecule has 0 fully saturated rings. The molecule has 0 bridgehead atoms. The molecular weight excluding hydrogens is 1160 g/mol. The molecule has 36 heteroatoms. The van der Waals surface area contributed by atoms with Crippen LogP contribution in [0.1, 0.15) is 90.0 Å². The van der Waals surface area contributed by atoms with Gasteiger partial charge in [0.05, 0.1) is 31.9 Å². The molecule has 11 atom stereocenters. The quantitative estimate of drug-likeness (QED) is 0.0125. The Morgan fingerprint density at radius 3 is 1.43 bits per heavy atom. The highest BCUT2D eigenvalue weighted by Crippen LogP contribution is 2.14. The van der Waals surface area contributed by atoms with E-state index in [0.29, 0.717) is 25.8 Å². The number of guanidine groups is 1. The number of nitrogens with zero attached hydrogens (tertiary/aromatic N) is 1. The number of nitrogens with one attached hydrogen (secondary N) is 9. The molecule has 0 aliphatic rings. The molecule has 0 saturated carbocycles. The van der Waals surface area contributed by atoms with Gasteiger partial charge >= 0.3 is 11.9 Å². The second-order valence-corrected chi connectivity index (χ2v) is 20.1. The summed E-state index contributed by atoms with van der Waals surface area (Å²) in [4.78, 5) is 187. The predicted octanol–water partition coefficient (Wildman–Crippen LogP) is -8.65. The second kappa shape index (κ2) is 38.9. The van der Waals surface area contributed by atoms with E-state index in [-0.39, 0.29) is 43.1 Å². The number of hydrogen-bond donors (Lipinski definition) is 21.